The van der Waals surface area contributed by atoms with Gasteiger partial charge in [-0.05, 0) is 69.7 Å². The van der Waals surface area contributed by atoms with Crippen LogP contribution in [0.3, 0.4) is 0 Å². The predicted molar refractivity (Wildman–Crippen MR) is 122 cm³/mol. The maximum absolute atomic E-state index is 13.2. The van der Waals surface area contributed by atoms with Crippen molar-refractivity contribution in [1.82, 2.24) is 15.4 Å². The average molecular weight is 436 g/mol. The van der Waals surface area contributed by atoms with E-state index in [-0.39, 0.29) is 22.3 Å². The van der Waals surface area contributed by atoms with Gasteiger partial charge in [-0.15, -0.1) is 0 Å². The molecule has 32 heavy (non-hydrogen) atoms. The highest BCUT2D eigenvalue weighted by Gasteiger charge is 2.63. The molecule has 1 aromatic heterocycles. The zero-order valence-electron chi connectivity index (χ0n) is 19.6. The minimum atomic E-state index is -0.457. The van der Waals surface area contributed by atoms with E-state index in [9.17, 15) is 4.79 Å². The van der Waals surface area contributed by atoms with E-state index in [2.05, 4.69) is 35.3 Å². The van der Waals surface area contributed by atoms with E-state index in [1.165, 1.54) is 36.0 Å². The minimum absolute atomic E-state index is 0.0558. The molecule has 6 heterocycles. The maximum Gasteiger partial charge on any atom is 0.172 e. The summed E-state index contributed by atoms with van der Waals surface area (Å²) in [5.41, 5.74) is 7.49. The first-order valence-electron chi connectivity index (χ1n) is 12.2. The van der Waals surface area contributed by atoms with Crippen LogP contribution >= 0.6 is 0 Å². The van der Waals surface area contributed by atoms with Crippen LogP contribution in [0.25, 0.3) is 10.9 Å². The lowest BCUT2D eigenvalue weighted by Gasteiger charge is -2.58. The van der Waals surface area contributed by atoms with Crippen molar-refractivity contribution in [2.24, 2.45) is 5.92 Å². The maximum atomic E-state index is 13.2. The van der Waals surface area contributed by atoms with Gasteiger partial charge in [0.2, 0.25) is 0 Å². The van der Waals surface area contributed by atoms with Crippen LogP contribution in [-0.2, 0) is 16.7 Å². The number of ketones is 1. The van der Waals surface area contributed by atoms with Crippen LogP contribution in [0.15, 0.2) is 12.1 Å². The number of piperidine rings is 1. The first kappa shape index (κ1) is 19.6. The Morgan fingerprint density at radius 1 is 1.16 bits per heavy atom. The molecule has 1 aromatic carbocycles. The average Bonchev–Trinajstić information content (AvgIpc) is 3.18. The molecule has 3 atom stereocenters. The number of hydroxylamine groups is 1. The molecule has 8 rings (SSSR count). The van der Waals surface area contributed by atoms with Crippen molar-refractivity contribution in [1.29, 1.82) is 0 Å². The number of nitrogens with one attached hydrogen (secondary N) is 2. The van der Waals surface area contributed by atoms with Gasteiger partial charge in [0.25, 0.3) is 0 Å². The molecule has 2 aromatic rings. The van der Waals surface area contributed by atoms with E-state index in [4.69, 9.17) is 9.57 Å². The monoisotopic (exact) mass is 435 g/mol. The van der Waals surface area contributed by atoms with Gasteiger partial charge in [0, 0.05) is 28.6 Å². The number of H-pyrrole nitrogens is 1. The number of hydrogen-bond donors (Lipinski definition) is 2. The summed E-state index contributed by atoms with van der Waals surface area (Å²) in [7, 11) is 0. The third kappa shape index (κ3) is 2.28. The Morgan fingerprint density at radius 2 is 2.00 bits per heavy atom. The number of benzene rings is 1. The Labute approximate surface area is 189 Å². The molecule has 0 saturated carbocycles. The molecule has 5 aliphatic heterocycles. The second kappa shape index (κ2) is 5.78. The molecule has 6 aliphatic rings. The number of carbonyl (C=O) groups is 1. The van der Waals surface area contributed by atoms with E-state index in [1.807, 2.05) is 19.9 Å². The Hall–Kier alpha value is -1.89. The fraction of sp³-hybridized carbons (Fsp3) is 0.654. The fourth-order valence-electron chi connectivity index (χ4n) is 7.99. The number of aromatic nitrogens is 1. The van der Waals surface area contributed by atoms with Gasteiger partial charge in [-0.3, -0.25) is 14.5 Å². The second-order valence-electron chi connectivity index (χ2n) is 12.3. The number of aromatic amines is 1. The predicted octanol–water partition coefficient (Wildman–Crippen LogP) is 3.87. The molecular formula is C26H33N3O3. The highest BCUT2D eigenvalue weighted by atomic mass is 16.7. The Morgan fingerprint density at radius 3 is 2.84 bits per heavy atom. The van der Waals surface area contributed by atoms with Crippen LogP contribution in [-0.4, -0.2) is 52.0 Å². The molecule has 0 amide bonds. The highest BCUT2D eigenvalue weighted by molar-refractivity contribution is 6.11. The SMILES string of the molecule is CC1(C)CC(=O)c2c(ccc3c4c([nH]c23)C(C)(C)C2C[C@]35CCCN3C[C@@]2(C4)NOC5)O1. The summed E-state index contributed by atoms with van der Waals surface area (Å²) in [5.74, 6) is 1.35. The zero-order valence-corrected chi connectivity index (χ0v) is 19.6. The quantitative estimate of drug-likeness (QED) is 0.658. The molecule has 2 bridgehead atoms. The number of fused-ring (bicyclic) bond motifs is 7. The Balaban J connectivity index is 1.43. The lowest BCUT2D eigenvalue weighted by molar-refractivity contribution is -0.0426. The molecule has 4 saturated heterocycles. The molecule has 1 unspecified atom stereocenters. The Bertz CT molecular complexity index is 1180. The molecule has 1 aliphatic carbocycles. The highest BCUT2D eigenvalue weighted by Crippen LogP contribution is 2.57. The lowest BCUT2D eigenvalue weighted by atomic mass is 9.54. The van der Waals surface area contributed by atoms with E-state index < -0.39 is 5.60 Å². The summed E-state index contributed by atoms with van der Waals surface area (Å²) in [6, 6.07) is 4.16. The van der Waals surface area contributed by atoms with Gasteiger partial charge in [-0.25, -0.2) is 0 Å². The third-order valence-corrected chi connectivity index (χ3v) is 9.38. The molecule has 6 heteroatoms. The van der Waals surface area contributed by atoms with Crippen molar-refractivity contribution in [2.45, 2.75) is 81.9 Å². The first-order valence-corrected chi connectivity index (χ1v) is 12.2. The molecule has 0 radical (unpaired) electrons. The summed E-state index contributed by atoms with van der Waals surface area (Å²) < 4.78 is 6.21. The third-order valence-electron chi connectivity index (χ3n) is 9.38. The van der Waals surface area contributed by atoms with E-state index >= 15 is 0 Å². The van der Waals surface area contributed by atoms with Gasteiger partial charge in [0.15, 0.2) is 5.78 Å². The largest absolute Gasteiger partial charge is 0.487 e. The van der Waals surface area contributed by atoms with Crippen molar-refractivity contribution in [2.75, 3.05) is 19.7 Å². The zero-order chi connectivity index (χ0) is 22.1. The topological polar surface area (TPSA) is 66.6 Å². The van der Waals surface area contributed by atoms with Crippen molar-refractivity contribution in [3.8, 4) is 5.75 Å². The number of ether oxygens (including phenoxy) is 1. The summed E-state index contributed by atoms with van der Waals surface area (Å²) in [4.78, 5) is 25.9. The summed E-state index contributed by atoms with van der Waals surface area (Å²) in [6.45, 7) is 11.7. The van der Waals surface area contributed by atoms with Crippen LogP contribution in [0.4, 0.5) is 0 Å². The van der Waals surface area contributed by atoms with Crippen LogP contribution in [0.5, 0.6) is 5.75 Å². The van der Waals surface area contributed by atoms with Crippen molar-refractivity contribution in [3.63, 3.8) is 0 Å². The van der Waals surface area contributed by atoms with Crippen molar-refractivity contribution in [3.05, 3.63) is 29.0 Å². The number of Topliss-reactive ketones (excluding diaryl/α,β-unsaturated/α-hetero) is 1. The minimum Gasteiger partial charge on any atom is -0.487 e. The lowest BCUT2D eigenvalue weighted by Crippen LogP contribution is -2.69. The number of hydrogen-bond acceptors (Lipinski definition) is 5. The summed E-state index contributed by atoms with van der Waals surface area (Å²) in [5, 5.41) is 1.17. The van der Waals surface area contributed by atoms with Gasteiger partial charge in [0.1, 0.15) is 11.4 Å². The smallest absolute Gasteiger partial charge is 0.172 e. The van der Waals surface area contributed by atoms with E-state index in [1.54, 1.807) is 0 Å². The molecule has 6 nitrogen and oxygen atoms in total. The van der Waals surface area contributed by atoms with Crippen LogP contribution in [0.2, 0.25) is 0 Å². The second-order valence-corrected chi connectivity index (χ2v) is 12.3. The van der Waals surface area contributed by atoms with Gasteiger partial charge in [-0.1, -0.05) is 13.8 Å². The van der Waals surface area contributed by atoms with E-state index in [0.29, 0.717) is 18.1 Å². The number of carbonyl (C=O) groups excluding carboxylic acids is 1. The number of nitrogens with zero attached hydrogens (tertiary/aromatic N) is 1. The molecule has 2 N–H and O–H groups in total. The van der Waals surface area contributed by atoms with Crippen LogP contribution in [0, 0.1) is 5.92 Å². The normalized spacial score (nSPS) is 36.8. The molecule has 4 fully saturated rings. The van der Waals surface area contributed by atoms with Crippen LogP contribution < -0.4 is 10.2 Å². The Kier molecular flexibility index (Phi) is 3.53. The first-order chi connectivity index (χ1) is 15.1. The number of rotatable bonds is 0. The van der Waals surface area contributed by atoms with Gasteiger partial charge >= 0.3 is 0 Å². The van der Waals surface area contributed by atoms with Crippen LogP contribution in [0.1, 0.15) is 75.0 Å². The van der Waals surface area contributed by atoms with Gasteiger partial charge < -0.3 is 9.72 Å². The standard InChI is InChI=1S/C26H33N3O3/c1-23(2)11-17(30)20-18(32-23)7-6-15-16-10-26-13-29-9-5-8-25(29,14-31-28-26)12-19(26)24(3,4)22(16)27-21(15)20/h6-7,19,27-28H,5,8-14H2,1-4H3/t19?,25-,26+/m0/s1. The molecule has 170 valence electrons. The van der Waals surface area contributed by atoms with Crippen molar-refractivity contribution < 1.29 is 14.4 Å². The van der Waals surface area contributed by atoms with Crippen molar-refractivity contribution >= 4 is 16.7 Å². The fourth-order valence-corrected chi connectivity index (χ4v) is 7.99. The molecular weight excluding hydrogens is 402 g/mol. The summed E-state index contributed by atoms with van der Waals surface area (Å²) in [6.07, 6.45) is 4.99. The van der Waals surface area contributed by atoms with Gasteiger partial charge in [0.05, 0.1) is 29.6 Å². The summed E-state index contributed by atoms with van der Waals surface area (Å²) >= 11 is 0. The van der Waals surface area contributed by atoms with E-state index in [0.717, 1.165) is 37.1 Å². The molecule has 2 spiro atoms. The van der Waals surface area contributed by atoms with Gasteiger partial charge in [-0.2, -0.15) is 5.48 Å².